The van der Waals surface area contributed by atoms with Gasteiger partial charge in [-0.2, -0.15) is 5.10 Å². The van der Waals surface area contributed by atoms with Crippen LogP contribution in [-0.2, 0) is 0 Å². The van der Waals surface area contributed by atoms with Gasteiger partial charge in [-0.05, 0) is 51.5 Å². The normalized spacial score (nSPS) is 12.2. The van der Waals surface area contributed by atoms with Crippen LogP contribution in [0.15, 0.2) is 30.3 Å². The number of carbonyl (C=O) groups excluding carboxylic acids is 1. The first-order valence-electron chi connectivity index (χ1n) is 6.28. The van der Waals surface area contributed by atoms with Gasteiger partial charge in [-0.1, -0.05) is 12.1 Å². The van der Waals surface area contributed by atoms with Crippen LogP contribution in [0.3, 0.4) is 0 Å². The molecule has 1 atom stereocenters. The second-order valence-corrected chi connectivity index (χ2v) is 4.75. The van der Waals surface area contributed by atoms with Gasteiger partial charge in [-0.15, -0.1) is 0 Å². The summed E-state index contributed by atoms with van der Waals surface area (Å²) in [6.45, 7) is 7.45. The van der Waals surface area contributed by atoms with E-state index in [-0.39, 0.29) is 5.91 Å². The Labute approximate surface area is 113 Å². The summed E-state index contributed by atoms with van der Waals surface area (Å²) < 4.78 is 7.06. The van der Waals surface area contributed by atoms with Crippen LogP contribution in [0.2, 0.25) is 0 Å². The average molecular weight is 258 g/mol. The molecule has 0 radical (unpaired) electrons. The van der Waals surface area contributed by atoms with E-state index in [0.29, 0.717) is 5.75 Å². The van der Waals surface area contributed by atoms with Crippen molar-refractivity contribution >= 4 is 5.91 Å². The molecule has 0 saturated carbocycles. The Morgan fingerprint density at radius 3 is 2.58 bits per heavy atom. The molecule has 4 nitrogen and oxygen atoms in total. The third-order valence-electron chi connectivity index (χ3n) is 2.87. The van der Waals surface area contributed by atoms with Gasteiger partial charge >= 0.3 is 0 Å². The highest BCUT2D eigenvalue weighted by Gasteiger charge is 2.19. The maximum absolute atomic E-state index is 12.2. The van der Waals surface area contributed by atoms with Gasteiger partial charge < -0.3 is 4.74 Å². The molecule has 2 aromatic rings. The minimum absolute atomic E-state index is 0.160. The number of benzene rings is 1. The zero-order valence-electron chi connectivity index (χ0n) is 11.7. The minimum atomic E-state index is -0.570. The van der Waals surface area contributed by atoms with Gasteiger partial charge in [0, 0.05) is 5.69 Å². The summed E-state index contributed by atoms with van der Waals surface area (Å²) in [5, 5.41) is 4.18. The van der Waals surface area contributed by atoms with Crippen molar-refractivity contribution in [3.8, 4) is 5.75 Å². The highest BCUT2D eigenvalue weighted by molar-refractivity contribution is 5.83. The van der Waals surface area contributed by atoms with E-state index in [0.717, 1.165) is 17.0 Å². The largest absolute Gasteiger partial charge is 0.481 e. The molecule has 1 heterocycles. The van der Waals surface area contributed by atoms with Gasteiger partial charge in [0.2, 0.25) is 0 Å². The summed E-state index contributed by atoms with van der Waals surface area (Å²) in [5.74, 6) is 0.537. The van der Waals surface area contributed by atoms with Crippen LogP contribution in [0.1, 0.15) is 28.7 Å². The molecule has 1 unspecified atom stereocenters. The Morgan fingerprint density at radius 2 is 2.00 bits per heavy atom. The number of hydrogen-bond acceptors (Lipinski definition) is 3. The molecule has 4 heteroatoms. The lowest BCUT2D eigenvalue weighted by Gasteiger charge is -2.14. The molecule has 1 aromatic heterocycles. The molecule has 1 aromatic carbocycles. The van der Waals surface area contributed by atoms with Crippen LogP contribution in [-0.4, -0.2) is 21.8 Å². The maximum Gasteiger partial charge on any atom is 0.287 e. The molecule has 0 bridgehead atoms. The van der Waals surface area contributed by atoms with Crippen LogP contribution < -0.4 is 4.74 Å². The second kappa shape index (κ2) is 5.26. The molecule has 0 aliphatic heterocycles. The quantitative estimate of drug-likeness (QED) is 0.850. The smallest absolute Gasteiger partial charge is 0.287 e. The second-order valence-electron chi connectivity index (χ2n) is 4.75. The lowest BCUT2D eigenvalue weighted by molar-refractivity contribution is 0.0707. The lowest BCUT2D eigenvalue weighted by Crippen LogP contribution is -2.30. The SMILES string of the molecule is Cc1cccc(OC(C)C(=O)n2nc(C)cc2C)c1. The first kappa shape index (κ1) is 13.3. The van der Waals surface area contributed by atoms with Crippen LogP contribution in [0, 0.1) is 20.8 Å². The Morgan fingerprint density at radius 1 is 1.26 bits per heavy atom. The predicted molar refractivity (Wildman–Crippen MR) is 73.6 cm³/mol. The van der Waals surface area contributed by atoms with Gasteiger partial charge in [0.15, 0.2) is 6.10 Å². The summed E-state index contributed by atoms with van der Waals surface area (Å²) in [7, 11) is 0. The Balaban J connectivity index is 2.14. The molecule has 100 valence electrons. The molecule has 0 aliphatic rings. The van der Waals surface area contributed by atoms with Gasteiger partial charge in [0.05, 0.1) is 5.69 Å². The first-order valence-corrected chi connectivity index (χ1v) is 6.28. The molecule has 0 saturated heterocycles. The van der Waals surface area contributed by atoms with Crippen LogP contribution in [0.25, 0.3) is 0 Å². The van der Waals surface area contributed by atoms with Crippen molar-refractivity contribution in [2.24, 2.45) is 0 Å². The predicted octanol–water partition coefficient (Wildman–Crippen LogP) is 2.92. The summed E-state index contributed by atoms with van der Waals surface area (Å²) >= 11 is 0. The van der Waals surface area contributed by atoms with Gasteiger partial charge in [-0.3, -0.25) is 4.79 Å². The van der Waals surface area contributed by atoms with Crippen molar-refractivity contribution in [1.82, 2.24) is 9.78 Å². The van der Waals surface area contributed by atoms with Crippen molar-refractivity contribution < 1.29 is 9.53 Å². The van der Waals surface area contributed by atoms with E-state index in [4.69, 9.17) is 4.74 Å². The van der Waals surface area contributed by atoms with Crippen molar-refractivity contribution in [2.45, 2.75) is 33.8 Å². The summed E-state index contributed by atoms with van der Waals surface area (Å²) in [5.41, 5.74) is 2.75. The monoisotopic (exact) mass is 258 g/mol. The lowest BCUT2D eigenvalue weighted by atomic mass is 10.2. The van der Waals surface area contributed by atoms with E-state index < -0.39 is 6.10 Å². The number of carbonyl (C=O) groups is 1. The summed E-state index contributed by atoms with van der Waals surface area (Å²) in [6, 6.07) is 9.52. The molecule has 0 aliphatic carbocycles. The molecule has 0 fully saturated rings. The molecule has 0 spiro atoms. The summed E-state index contributed by atoms with van der Waals surface area (Å²) in [6.07, 6.45) is -0.570. The Kier molecular flexibility index (Phi) is 3.69. The van der Waals surface area contributed by atoms with E-state index in [9.17, 15) is 4.79 Å². The number of hydrogen-bond donors (Lipinski definition) is 0. The van der Waals surface area contributed by atoms with E-state index >= 15 is 0 Å². The number of aryl methyl sites for hydroxylation is 3. The average Bonchev–Trinajstić information content (AvgIpc) is 2.67. The molecular weight excluding hydrogens is 240 g/mol. The van der Waals surface area contributed by atoms with E-state index in [1.807, 2.05) is 51.1 Å². The van der Waals surface area contributed by atoms with E-state index in [1.165, 1.54) is 4.68 Å². The third-order valence-corrected chi connectivity index (χ3v) is 2.87. The zero-order valence-corrected chi connectivity index (χ0v) is 11.7. The fraction of sp³-hybridized carbons (Fsp3) is 0.333. The zero-order chi connectivity index (χ0) is 14.0. The number of rotatable bonds is 3. The fourth-order valence-corrected chi connectivity index (χ4v) is 1.97. The van der Waals surface area contributed by atoms with Crippen molar-refractivity contribution in [3.63, 3.8) is 0 Å². The van der Waals surface area contributed by atoms with Crippen LogP contribution in [0.4, 0.5) is 0 Å². The Bertz CT molecular complexity index is 602. The topological polar surface area (TPSA) is 44.1 Å². The first-order chi connectivity index (χ1) is 8.97. The summed E-state index contributed by atoms with van der Waals surface area (Å²) in [4.78, 5) is 12.2. The van der Waals surface area contributed by atoms with Crippen LogP contribution >= 0.6 is 0 Å². The molecule has 19 heavy (non-hydrogen) atoms. The number of nitrogens with zero attached hydrogens (tertiary/aromatic N) is 2. The number of aromatic nitrogens is 2. The van der Waals surface area contributed by atoms with Gasteiger partial charge in [0.1, 0.15) is 5.75 Å². The highest BCUT2D eigenvalue weighted by atomic mass is 16.5. The van der Waals surface area contributed by atoms with Gasteiger partial charge in [0.25, 0.3) is 5.91 Å². The fourth-order valence-electron chi connectivity index (χ4n) is 1.97. The minimum Gasteiger partial charge on any atom is -0.481 e. The van der Waals surface area contributed by atoms with Crippen molar-refractivity contribution in [1.29, 1.82) is 0 Å². The highest BCUT2D eigenvalue weighted by Crippen LogP contribution is 2.15. The van der Waals surface area contributed by atoms with E-state index in [1.54, 1.807) is 6.92 Å². The molecule has 2 rings (SSSR count). The van der Waals surface area contributed by atoms with Crippen molar-refractivity contribution in [3.05, 3.63) is 47.3 Å². The standard InChI is InChI=1S/C15H18N2O2/c1-10-6-5-7-14(8-10)19-13(4)15(18)17-12(3)9-11(2)16-17/h5-9,13H,1-4H3. The van der Waals surface area contributed by atoms with Crippen molar-refractivity contribution in [2.75, 3.05) is 0 Å². The molecular formula is C15H18N2O2. The molecule has 0 N–H and O–H groups in total. The third kappa shape index (κ3) is 3.02. The number of ether oxygens (including phenoxy) is 1. The Hall–Kier alpha value is -2.10. The van der Waals surface area contributed by atoms with E-state index in [2.05, 4.69) is 5.10 Å². The maximum atomic E-state index is 12.2. The van der Waals surface area contributed by atoms with Gasteiger partial charge in [-0.25, -0.2) is 4.68 Å². The molecule has 0 amide bonds. The van der Waals surface area contributed by atoms with Crippen LogP contribution in [0.5, 0.6) is 5.75 Å².